The second-order valence-corrected chi connectivity index (χ2v) is 6.75. The normalized spacial score (nSPS) is 11.7. The first kappa shape index (κ1) is 19.6. The van der Waals surface area contributed by atoms with Crippen molar-refractivity contribution in [1.82, 2.24) is 5.32 Å². The molecule has 28 heavy (non-hydrogen) atoms. The van der Waals surface area contributed by atoms with Gasteiger partial charge >= 0.3 is 5.97 Å². The zero-order valence-electron chi connectivity index (χ0n) is 14.3. The Morgan fingerprint density at radius 3 is 2.39 bits per heavy atom. The summed E-state index contributed by atoms with van der Waals surface area (Å²) in [5.74, 6) is -4.23. The quantitative estimate of drug-likeness (QED) is 0.625. The Morgan fingerprint density at radius 1 is 1.00 bits per heavy atom. The number of thiophene rings is 1. The molecule has 0 spiro atoms. The van der Waals surface area contributed by atoms with E-state index in [1.54, 1.807) is 12.1 Å². The second kappa shape index (κ2) is 8.71. The standard InChI is InChI=1S/C20H14F3NO3S/c21-14-6-3-12(4-7-14)19(17-2-1-9-28-17)24-18(25)11-27-20(26)13-5-8-15(22)16(23)10-13/h1-10,19H,11H2,(H,24,25)/t19-/m1/s1. The third-order valence-electron chi connectivity index (χ3n) is 3.83. The molecule has 3 aromatic rings. The van der Waals surface area contributed by atoms with Gasteiger partial charge in [0.2, 0.25) is 0 Å². The molecule has 0 unspecified atom stereocenters. The minimum Gasteiger partial charge on any atom is -0.452 e. The summed E-state index contributed by atoms with van der Waals surface area (Å²) in [6.07, 6.45) is 0. The van der Waals surface area contributed by atoms with Gasteiger partial charge in [-0.15, -0.1) is 11.3 Å². The van der Waals surface area contributed by atoms with Crippen molar-refractivity contribution in [1.29, 1.82) is 0 Å². The number of amides is 1. The summed E-state index contributed by atoms with van der Waals surface area (Å²) in [6, 6.07) is 11.3. The van der Waals surface area contributed by atoms with Crippen LogP contribution in [0.4, 0.5) is 13.2 Å². The molecule has 0 fully saturated rings. The highest BCUT2D eigenvalue weighted by Crippen LogP contribution is 2.26. The van der Waals surface area contributed by atoms with Crippen LogP contribution in [0.2, 0.25) is 0 Å². The van der Waals surface area contributed by atoms with E-state index in [0.29, 0.717) is 11.6 Å². The van der Waals surface area contributed by atoms with Crippen molar-refractivity contribution in [3.63, 3.8) is 0 Å². The lowest BCUT2D eigenvalue weighted by Gasteiger charge is -2.18. The van der Waals surface area contributed by atoms with Gasteiger partial charge < -0.3 is 10.1 Å². The number of carbonyl (C=O) groups is 2. The number of benzene rings is 2. The molecule has 0 saturated carbocycles. The molecule has 0 aliphatic carbocycles. The molecule has 0 radical (unpaired) electrons. The van der Waals surface area contributed by atoms with Crippen molar-refractivity contribution in [2.45, 2.75) is 6.04 Å². The number of rotatable bonds is 6. The molecule has 1 aromatic heterocycles. The molecule has 8 heteroatoms. The molecule has 1 N–H and O–H groups in total. The van der Waals surface area contributed by atoms with Gasteiger partial charge in [0.1, 0.15) is 5.82 Å². The summed E-state index contributed by atoms with van der Waals surface area (Å²) in [5, 5.41) is 4.55. The van der Waals surface area contributed by atoms with Gasteiger partial charge in [-0.25, -0.2) is 18.0 Å². The predicted molar refractivity (Wildman–Crippen MR) is 97.3 cm³/mol. The van der Waals surface area contributed by atoms with Gasteiger partial charge in [-0.2, -0.15) is 0 Å². The fraction of sp³-hybridized carbons (Fsp3) is 0.100. The van der Waals surface area contributed by atoms with E-state index in [-0.39, 0.29) is 5.56 Å². The molecule has 0 saturated heterocycles. The van der Waals surface area contributed by atoms with Gasteiger partial charge in [0, 0.05) is 4.88 Å². The van der Waals surface area contributed by atoms with Crippen molar-refractivity contribution in [3.05, 3.63) is 93.4 Å². The molecule has 4 nitrogen and oxygen atoms in total. The van der Waals surface area contributed by atoms with E-state index in [4.69, 9.17) is 4.74 Å². The molecule has 1 heterocycles. The third kappa shape index (κ3) is 4.77. The van der Waals surface area contributed by atoms with Crippen LogP contribution in [0, 0.1) is 17.5 Å². The van der Waals surface area contributed by atoms with Crippen LogP contribution in [0.3, 0.4) is 0 Å². The van der Waals surface area contributed by atoms with Crippen molar-refractivity contribution in [2.24, 2.45) is 0 Å². The first-order valence-corrected chi connectivity index (χ1v) is 9.02. The minimum atomic E-state index is -1.19. The van der Waals surface area contributed by atoms with Crippen LogP contribution in [-0.2, 0) is 9.53 Å². The van der Waals surface area contributed by atoms with Crippen LogP contribution in [0.5, 0.6) is 0 Å². The Balaban J connectivity index is 1.66. The number of carbonyl (C=O) groups excluding carboxylic acids is 2. The maximum absolute atomic E-state index is 13.2. The first-order valence-electron chi connectivity index (χ1n) is 8.14. The molecule has 0 aliphatic heterocycles. The molecule has 0 bridgehead atoms. The van der Waals surface area contributed by atoms with Crippen LogP contribution in [0.25, 0.3) is 0 Å². The molecular weight excluding hydrogens is 391 g/mol. The van der Waals surface area contributed by atoms with Gasteiger partial charge in [-0.1, -0.05) is 18.2 Å². The van der Waals surface area contributed by atoms with Crippen LogP contribution in [0.1, 0.15) is 26.8 Å². The lowest BCUT2D eigenvalue weighted by molar-refractivity contribution is -0.124. The number of hydrogen-bond acceptors (Lipinski definition) is 4. The van der Waals surface area contributed by atoms with Crippen LogP contribution >= 0.6 is 11.3 Å². The number of ether oxygens (including phenoxy) is 1. The molecule has 3 rings (SSSR count). The lowest BCUT2D eigenvalue weighted by atomic mass is 10.1. The Bertz CT molecular complexity index is 975. The summed E-state index contributed by atoms with van der Waals surface area (Å²) in [7, 11) is 0. The fourth-order valence-corrected chi connectivity index (χ4v) is 3.27. The molecule has 0 aliphatic rings. The largest absolute Gasteiger partial charge is 0.452 e. The molecular formula is C20H14F3NO3S. The monoisotopic (exact) mass is 405 g/mol. The van der Waals surface area contributed by atoms with Crippen LogP contribution < -0.4 is 5.32 Å². The summed E-state index contributed by atoms with van der Waals surface area (Å²) in [4.78, 5) is 25.0. The summed E-state index contributed by atoms with van der Waals surface area (Å²) in [6.45, 7) is -0.610. The van der Waals surface area contributed by atoms with E-state index in [0.717, 1.165) is 17.0 Å². The number of esters is 1. The van der Waals surface area contributed by atoms with E-state index in [1.165, 1.54) is 23.5 Å². The van der Waals surface area contributed by atoms with E-state index >= 15 is 0 Å². The van der Waals surface area contributed by atoms with E-state index in [2.05, 4.69) is 5.32 Å². The van der Waals surface area contributed by atoms with Gasteiger partial charge in [0.15, 0.2) is 18.2 Å². The Hall–Kier alpha value is -3.13. The lowest BCUT2D eigenvalue weighted by Crippen LogP contribution is -2.32. The van der Waals surface area contributed by atoms with Gasteiger partial charge in [-0.3, -0.25) is 4.79 Å². The Labute approximate surface area is 162 Å². The molecule has 1 amide bonds. The van der Waals surface area contributed by atoms with E-state index in [1.807, 2.05) is 17.5 Å². The highest BCUT2D eigenvalue weighted by molar-refractivity contribution is 7.10. The molecule has 2 aromatic carbocycles. The van der Waals surface area contributed by atoms with Crippen molar-refractivity contribution < 1.29 is 27.5 Å². The Kier molecular flexibility index (Phi) is 6.10. The van der Waals surface area contributed by atoms with Crippen molar-refractivity contribution in [2.75, 3.05) is 6.61 Å². The number of nitrogens with one attached hydrogen (secondary N) is 1. The molecule has 144 valence electrons. The SMILES string of the molecule is O=C(COC(=O)c1ccc(F)c(F)c1)N[C@H](c1ccc(F)cc1)c1cccs1. The summed E-state index contributed by atoms with van der Waals surface area (Å²) < 4.78 is 44.2. The Morgan fingerprint density at radius 2 is 1.75 bits per heavy atom. The first-order chi connectivity index (χ1) is 13.4. The fourth-order valence-electron chi connectivity index (χ4n) is 2.47. The van der Waals surface area contributed by atoms with E-state index in [9.17, 15) is 22.8 Å². The number of hydrogen-bond donors (Lipinski definition) is 1. The maximum Gasteiger partial charge on any atom is 0.338 e. The van der Waals surface area contributed by atoms with Gasteiger partial charge in [0.05, 0.1) is 11.6 Å². The third-order valence-corrected chi connectivity index (χ3v) is 4.76. The topological polar surface area (TPSA) is 55.4 Å². The maximum atomic E-state index is 13.2. The zero-order chi connectivity index (χ0) is 20.1. The van der Waals surface area contributed by atoms with Crippen molar-refractivity contribution >= 4 is 23.2 Å². The molecule has 1 atom stereocenters. The average Bonchev–Trinajstić information content (AvgIpc) is 3.21. The summed E-state index contributed by atoms with van der Waals surface area (Å²) in [5.41, 5.74) is 0.448. The van der Waals surface area contributed by atoms with Crippen LogP contribution in [-0.4, -0.2) is 18.5 Å². The highest BCUT2D eigenvalue weighted by Gasteiger charge is 2.19. The van der Waals surface area contributed by atoms with E-state index < -0.39 is 42.0 Å². The highest BCUT2D eigenvalue weighted by atomic mass is 32.1. The summed E-state index contributed by atoms with van der Waals surface area (Å²) >= 11 is 1.40. The smallest absolute Gasteiger partial charge is 0.338 e. The van der Waals surface area contributed by atoms with Crippen LogP contribution in [0.15, 0.2) is 60.0 Å². The van der Waals surface area contributed by atoms with Gasteiger partial charge in [0.25, 0.3) is 5.91 Å². The minimum absolute atomic E-state index is 0.208. The second-order valence-electron chi connectivity index (χ2n) is 5.77. The van der Waals surface area contributed by atoms with Gasteiger partial charge in [-0.05, 0) is 47.3 Å². The predicted octanol–water partition coefficient (Wildman–Crippen LogP) is 4.23. The zero-order valence-corrected chi connectivity index (χ0v) is 15.1. The van der Waals surface area contributed by atoms with Crippen molar-refractivity contribution in [3.8, 4) is 0 Å². The number of halogens is 3. The average molecular weight is 405 g/mol.